The summed E-state index contributed by atoms with van der Waals surface area (Å²) in [5.41, 5.74) is 3.12. The molecule has 1 heterocycles. The van der Waals surface area contributed by atoms with Crippen molar-refractivity contribution < 1.29 is 19.7 Å². The number of rotatable bonds is 4. The largest absolute Gasteiger partial charge is 0.508 e. The third kappa shape index (κ3) is 2.95. The molecule has 1 aliphatic heterocycles. The molecule has 1 saturated carbocycles. The minimum Gasteiger partial charge on any atom is -0.508 e. The molecule has 2 aliphatic rings. The Labute approximate surface area is 148 Å². The number of fused-ring (bicyclic) bond motifs is 3. The van der Waals surface area contributed by atoms with Gasteiger partial charge in [-0.15, -0.1) is 0 Å². The molecule has 0 bridgehead atoms. The van der Waals surface area contributed by atoms with E-state index >= 15 is 0 Å². The molecule has 1 fully saturated rings. The molecule has 4 heteroatoms. The first-order valence-electron chi connectivity index (χ1n) is 9.06. The van der Waals surface area contributed by atoms with E-state index in [2.05, 4.69) is 0 Å². The summed E-state index contributed by atoms with van der Waals surface area (Å²) in [4.78, 5) is 0. The summed E-state index contributed by atoms with van der Waals surface area (Å²) in [7, 11) is 0. The van der Waals surface area contributed by atoms with Gasteiger partial charge in [0, 0.05) is 23.7 Å². The van der Waals surface area contributed by atoms with E-state index in [-0.39, 0.29) is 17.6 Å². The Balaban J connectivity index is 1.77. The van der Waals surface area contributed by atoms with Gasteiger partial charge < -0.3 is 19.7 Å². The van der Waals surface area contributed by atoms with Crippen LogP contribution in [-0.2, 0) is 11.3 Å². The molecule has 0 amide bonds. The van der Waals surface area contributed by atoms with Gasteiger partial charge in [-0.2, -0.15) is 0 Å². The summed E-state index contributed by atoms with van der Waals surface area (Å²) in [6.45, 7) is 3.02. The van der Waals surface area contributed by atoms with Crippen molar-refractivity contribution in [2.75, 3.05) is 6.61 Å². The number of ether oxygens (including phenoxy) is 2. The highest BCUT2D eigenvalue weighted by Gasteiger charge is 2.42. The predicted octanol–water partition coefficient (Wildman–Crippen LogP) is 4.65. The number of phenols is 2. The fourth-order valence-electron chi connectivity index (χ4n) is 4.37. The van der Waals surface area contributed by atoms with E-state index < -0.39 is 0 Å². The molecule has 2 unspecified atom stereocenters. The van der Waals surface area contributed by atoms with E-state index in [4.69, 9.17) is 9.47 Å². The molecular weight excluding hydrogens is 316 g/mol. The lowest BCUT2D eigenvalue weighted by Crippen LogP contribution is -2.27. The van der Waals surface area contributed by atoms with Crippen LogP contribution in [0.3, 0.4) is 0 Å². The minimum absolute atomic E-state index is 0.0227. The second-order valence-electron chi connectivity index (χ2n) is 6.99. The summed E-state index contributed by atoms with van der Waals surface area (Å²) in [5.74, 6) is 2.22. The highest BCUT2D eigenvalue weighted by atomic mass is 16.5. The van der Waals surface area contributed by atoms with Crippen LogP contribution in [0.15, 0.2) is 36.4 Å². The van der Waals surface area contributed by atoms with Gasteiger partial charge in [-0.25, -0.2) is 0 Å². The second-order valence-corrected chi connectivity index (χ2v) is 6.99. The summed E-state index contributed by atoms with van der Waals surface area (Å²) >= 11 is 0. The molecule has 2 aromatic rings. The maximum atomic E-state index is 10.2. The molecular formula is C21H24O4. The molecule has 3 atom stereocenters. The SMILES string of the molecule is CCOCc1cc(O)cc2c1OC(c1ccc(O)cc1)C1CCC[C@@H]21. The van der Waals surface area contributed by atoms with E-state index in [0.29, 0.717) is 25.0 Å². The quantitative estimate of drug-likeness (QED) is 0.850. The first kappa shape index (κ1) is 16.3. The summed E-state index contributed by atoms with van der Waals surface area (Å²) < 4.78 is 12.1. The van der Waals surface area contributed by atoms with E-state index in [1.807, 2.05) is 25.1 Å². The van der Waals surface area contributed by atoms with E-state index in [9.17, 15) is 10.2 Å². The topological polar surface area (TPSA) is 58.9 Å². The lowest BCUT2D eigenvalue weighted by atomic mass is 9.79. The van der Waals surface area contributed by atoms with Crippen molar-refractivity contribution in [2.45, 2.75) is 44.8 Å². The maximum absolute atomic E-state index is 10.2. The maximum Gasteiger partial charge on any atom is 0.129 e. The van der Waals surface area contributed by atoms with Crippen LogP contribution in [0.4, 0.5) is 0 Å². The molecule has 0 saturated heterocycles. The van der Waals surface area contributed by atoms with Crippen LogP contribution in [0.1, 0.15) is 54.9 Å². The van der Waals surface area contributed by atoms with Gasteiger partial charge in [0.15, 0.2) is 0 Å². The lowest BCUT2D eigenvalue weighted by Gasteiger charge is -2.37. The first-order valence-corrected chi connectivity index (χ1v) is 9.06. The van der Waals surface area contributed by atoms with Gasteiger partial charge in [0.25, 0.3) is 0 Å². The normalized spacial score (nSPS) is 24.4. The van der Waals surface area contributed by atoms with Crippen LogP contribution in [0, 0.1) is 5.92 Å². The number of hydrogen-bond acceptors (Lipinski definition) is 4. The van der Waals surface area contributed by atoms with Crippen LogP contribution in [0.25, 0.3) is 0 Å². The highest BCUT2D eigenvalue weighted by molar-refractivity contribution is 5.51. The fourth-order valence-corrected chi connectivity index (χ4v) is 4.37. The Kier molecular flexibility index (Phi) is 4.30. The molecule has 25 heavy (non-hydrogen) atoms. The summed E-state index contributed by atoms with van der Waals surface area (Å²) in [6, 6.07) is 10.9. The Hall–Kier alpha value is -2.20. The minimum atomic E-state index is -0.0227. The molecule has 0 aromatic heterocycles. The van der Waals surface area contributed by atoms with E-state index in [1.165, 1.54) is 6.42 Å². The average Bonchev–Trinajstić information content (AvgIpc) is 3.10. The van der Waals surface area contributed by atoms with Gasteiger partial charge in [-0.1, -0.05) is 18.6 Å². The molecule has 1 aliphatic carbocycles. The number of benzene rings is 2. The van der Waals surface area contributed by atoms with Crippen molar-refractivity contribution in [1.82, 2.24) is 0 Å². The van der Waals surface area contributed by atoms with Crippen LogP contribution in [0.5, 0.6) is 17.2 Å². The van der Waals surface area contributed by atoms with Gasteiger partial charge in [0.05, 0.1) is 6.61 Å². The first-order chi connectivity index (χ1) is 12.2. The molecule has 4 rings (SSSR count). The molecule has 0 spiro atoms. The summed E-state index contributed by atoms with van der Waals surface area (Å²) in [5, 5.41) is 19.7. The highest BCUT2D eigenvalue weighted by Crippen LogP contribution is 2.55. The lowest BCUT2D eigenvalue weighted by molar-refractivity contribution is 0.0918. The second kappa shape index (κ2) is 6.60. The fraction of sp³-hybridized carbons (Fsp3) is 0.429. The average molecular weight is 340 g/mol. The van der Waals surface area contributed by atoms with Crippen molar-refractivity contribution in [3.63, 3.8) is 0 Å². The van der Waals surface area contributed by atoms with Crippen molar-refractivity contribution in [3.8, 4) is 17.2 Å². The Morgan fingerprint density at radius 2 is 1.88 bits per heavy atom. The van der Waals surface area contributed by atoms with Gasteiger partial charge in [-0.05, 0) is 55.5 Å². The Morgan fingerprint density at radius 1 is 1.08 bits per heavy atom. The van der Waals surface area contributed by atoms with Gasteiger partial charge in [-0.3, -0.25) is 0 Å². The zero-order chi connectivity index (χ0) is 17.4. The number of phenolic OH excluding ortho intramolecular Hbond substituents is 2. The summed E-state index contributed by atoms with van der Waals surface area (Å²) in [6.07, 6.45) is 3.38. The smallest absolute Gasteiger partial charge is 0.129 e. The Morgan fingerprint density at radius 3 is 2.64 bits per heavy atom. The van der Waals surface area contributed by atoms with Crippen molar-refractivity contribution in [1.29, 1.82) is 0 Å². The molecule has 132 valence electrons. The monoisotopic (exact) mass is 340 g/mol. The van der Waals surface area contributed by atoms with Crippen LogP contribution in [0.2, 0.25) is 0 Å². The van der Waals surface area contributed by atoms with E-state index in [1.54, 1.807) is 18.2 Å². The number of aromatic hydroxyl groups is 2. The van der Waals surface area contributed by atoms with Crippen molar-refractivity contribution in [2.24, 2.45) is 5.92 Å². The number of hydrogen-bond donors (Lipinski definition) is 2. The van der Waals surface area contributed by atoms with Crippen LogP contribution < -0.4 is 4.74 Å². The van der Waals surface area contributed by atoms with E-state index in [0.717, 1.165) is 35.3 Å². The molecule has 2 aromatic carbocycles. The third-order valence-electron chi connectivity index (χ3n) is 5.47. The van der Waals surface area contributed by atoms with Crippen LogP contribution in [-0.4, -0.2) is 16.8 Å². The van der Waals surface area contributed by atoms with Crippen molar-refractivity contribution >= 4 is 0 Å². The molecule has 2 N–H and O–H groups in total. The van der Waals surface area contributed by atoms with Gasteiger partial charge in [0.1, 0.15) is 23.4 Å². The van der Waals surface area contributed by atoms with Crippen LogP contribution >= 0.6 is 0 Å². The zero-order valence-corrected chi connectivity index (χ0v) is 14.4. The molecule has 4 nitrogen and oxygen atoms in total. The molecule has 0 radical (unpaired) electrons. The van der Waals surface area contributed by atoms with Crippen molar-refractivity contribution in [3.05, 3.63) is 53.1 Å². The zero-order valence-electron chi connectivity index (χ0n) is 14.4. The third-order valence-corrected chi connectivity index (χ3v) is 5.47. The Bertz CT molecular complexity index is 753. The van der Waals surface area contributed by atoms with Gasteiger partial charge in [0.2, 0.25) is 0 Å². The standard InChI is InChI=1S/C21H24O4/c1-2-24-12-14-10-16(23)11-19-17-4-3-5-18(17)20(25-21(14)19)13-6-8-15(22)9-7-13/h6-11,17-18,20,22-23H,2-5,12H2,1H3/t17-,18?,20?/m1/s1. The van der Waals surface area contributed by atoms with Gasteiger partial charge >= 0.3 is 0 Å². The predicted molar refractivity (Wildman–Crippen MR) is 95.0 cm³/mol.